The number of aromatic nitrogens is 2. The predicted octanol–water partition coefficient (Wildman–Crippen LogP) is 3.47. The Bertz CT molecular complexity index is 1010. The summed E-state index contributed by atoms with van der Waals surface area (Å²) in [5.74, 6) is 0.421. The molecule has 2 saturated heterocycles. The van der Waals surface area contributed by atoms with E-state index in [9.17, 15) is 9.18 Å². The van der Waals surface area contributed by atoms with E-state index in [-0.39, 0.29) is 30.2 Å². The number of benzene rings is 2. The summed E-state index contributed by atoms with van der Waals surface area (Å²) in [6.45, 7) is 2.43. The van der Waals surface area contributed by atoms with Crippen LogP contribution in [-0.2, 0) is 0 Å². The molecule has 2 aromatic carbocycles. The van der Waals surface area contributed by atoms with E-state index < -0.39 is 0 Å². The van der Waals surface area contributed by atoms with Crippen LogP contribution in [0.15, 0.2) is 67.0 Å². The summed E-state index contributed by atoms with van der Waals surface area (Å²) in [6.07, 6.45) is 3.56. The molecule has 3 aromatic rings. The van der Waals surface area contributed by atoms with Gasteiger partial charge in [0.1, 0.15) is 5.82 Å². The van der Waals surface area contributed by atoms with E-state index in [1.807, 2.05) is 47.5 Å². The Morgan fingerprint density at radius 2 is 1.97 bits per heavy atom. The lowest BCUT2D eigenvalue weighted by Gasteiger charge is -2.28. The number of nitrogens with zero attached hydrogens (tertiary/aromatic N) is 3. The molecule has 0 saturated carbocycles. The second kappa shape index (κ2) is 7.97. The van der Waals surface area contributed by atoms with Gasteiger partial charge >= 0.3 is 0 Å². The molecule has 1 amide bonds. The Morgan fingerprint density at radius 1 is 1.10 bits per heavy atom. The number of halogens is 2. The van der Waals surface area contributed by atoms with Crippen molar-refractivity contribution in [1.82, 2.24) is 20.0 Å². The fraction of sp³-hybridized carbons (Fsp3) is 0.273. The summed E-state index contributed by atoms with van der Waals surface area (Å²) in [5, 5.41) is 7.67. The van der Waals surface area contributed by atoms with E-state index >= 15 is 0 Å². The second-order valence-electron chi connectivity index (χ2n) is 7.54. The number of fused-ring (bicyclic) bond motifs is 1. The molecule has 2 fully saturated rings. The van der Waals surface area contributed by atoms with Crippen molar-refractivity contribution in [3.63, 3.8) is 0 Å². The Morgan fingerprint density at radius 3 is 2.76 bits per heavy atom. The Hall–Kier alpha value is -2.70. The molecule has 0 radical (unpaired) electrons. The quantitative estimate of drug-likeness (QED) is 0.716. The zero-order chi connectivity index (χ0) is 19.1. The van der Waals surface area contributed by atoms with Crippen molar-refractivity contribution < 1.29 is 9.18 Å². The molecule has 1 N–H and O–H groups in total. The first-order valence-electron chi connectivity index (χ1n) is 9.58. The average Bonchev–Trinajstić information content (AvgIpc) is 3.44. The second-order valence-corrected chi connectivity index (χ2v) is 7.54. The van der Waals surface area contributed by atoms with Crippen molar-refractivity contribution in [2.75, 3.05) is 19.6 Å². The minimum Gasteiger partial charge on any atom is -0.331 e. The molecular weight excluding hydrogens is 391 g/mol. The number of carbonyl (C=O) groups excluding carboxylic acids is 1. The number of likely N-dealkylation sites (tertiary alicyclic amines) is 1. The maximum atomic E-state index is 13.9. The van der Waals surface area contributed by atoms with E-state index in [1.165, 1.54) is 6.07 Å². The average molecular weight is 413 g/mol. The van der Waals surface area contributed by atoms with Crippen molar-refractivity contribution in [2.24, 2.45) is 11.8 Å². The van der Waals surface area contributed by atoms with Crippen molar-refractivity contribution in [2.45, 2.75) is 6.04 Å². The molecule has 2 aliphatic rings. The number of nitrogens with one attached hydrogen (secondary N) is 1. The topological polar surface area (TPSA) is 50.2 Å². The lowest BCUT2D eigenvalue weighted by Crippen LogP contribution is -2.34. The molecular formula is C22H22ClFN4O. The van der Waals surface area contributed by atoms with Crippen LogP contribution in [0.1, 0.15) is 22.0 Å². The molecule has 3 atom stereocenters. The summed E-state index contributed by atoms with van der Waals surface area (Å²) in [6, 6.07) is 15.9. The largest absolute Gasteiger partial charge is 0.331 e. The SMILES string of the molecule is Cl.O=C(c1cccc(-n2cccn2)c1)N1C[C@@H]2CNC[C@@H]2[C@H]1c1cccc(F)c1. The molecule has 3 heterocycles. The van der Waals surface area contributed by atoms with E-state index in [0.29, 0.717) is 23.9 Å². The van der Waals surface area contributed by atoms with Crippen LogP contribution >= 0.6 is 12.4 Å². The molecule has 0 spiro atoms. The van der Waals surface area contributed by atoms with E-state index in [4.69, 9.17) is 0 Å². The minimum atomic E-state index is -0.264. The number of hydrogen-bond acceptors (Lipinski definition) is 3. The molecule has 5 rings (SSSR count). The fourth-order valence-electron chi connectivity index (χ4n) is 4.62. The highest BCUT2D eigenvalue weighted by atomic mass is 35.5. The first kappa shape index (κ1) is 19.6. The number of rotatable bonds is 3. The Kier molecular flexibility index (Phi) is 5.39. The normalized spacial score (nSPS) is 22.9. The van der Waals surface area contributed by atoms with Gasteiger partial charge in [0.05, 0.1) is 11.7 Å². The maximum absolute atomic E-state index is 13.9. The summed E-state index contributed by atoms with van der Waals surface area (Å²) >= 11 is 0. The summed E-state index contributed by atoms with van der Waals surface area (Å²) in [5.41, 5.74) is 2.34. The standard InChI is InChI=1S/C22H21FN4O.ClH/c23-18-6-1-4-15(10-18)21-20-13-24-12-17(20)14-26(21)22(28)16-5-2-7-19(11-16)27-9-3-8-25-27;/h1-11,17,20-21,24H,12-14H2;1H/t17-,20-,21+;/m0./s1. The summed E-state index contributed by atoms with van der Waals surface area (Å²) < 4.78 is 15.6. The van der Waals surface area contributed by atoms with Crippen molar-refractivity contribution in [1.29, 1.82) is 0 Å². The summed E-state index contributed by atoms with van der Waals surface area (Å²) in [7, 11) is 0. The zero-order valence-electron chi connectivity index (χ0n) is 15.7. The molecule has 150 valence electrons. The van der Waals surface area contributed by atoms with Gasteiger partial charge in [-0.05, 0) is 47.9 Å². The van der Waals surface area contributed by atoms with Crippen LogP contribution in [0, 0.1) is 17.7 Å². The molecule has 0 unspecified atom stereocenters. The first-order valence-corrected chi connectivity index (χ1v) is 9.58. The van der Waals surface area contributed by atoms with Crippen LogP contribution in [0.4, 0.5) is 4.39 Å². The van der Waals surface area contributed by atoms with Gasteiger partial charge in [-0.1, -0.05) is 18.2 Å². The van der Waals surface area contributed by atoms with Gasteiger partial charge in [0, 0.05) is 43.5 Å². The third-order valence-electron chi connectivity index (χ3n) is 5.88. The van der Waals surface area contributed by atoms with Crippen molar-refractivity contribution >= 4 is 18.3 Å². The molecule has 1 aromatic heterocycles. The van der Waals surface area contributed by atoms with Crippen LogP contribution in [0.3, 0.4) is 0 Å². The lowest BCUT2D eigenvalue weighted by molar-refractivity contribution is 0.0713. The van der Waals surface area contributed by atoms with Crippen LogP contribution in [0.2, 0.25) is 0 Å². The van der Waals surface area contributed by atoms with Crippen LogP contribution < -0.4 is 5.32 Å². The number of amides is 1. The van der Waals surface area contributed by atoms with Gasteiger partial charge in [-0.25, -0.2) is 9.07 Å². The van der Waals surface area contributed by atoms with Crippen LogP contribution in [0.5, 0.6) is 0 Å². The van der Waals surface area contributed by atoms with Crippen molar-refractivity contribution in [3.8, 4) is 5.69 Å². The number of hydrogen-bond donors (Lipinski definition) is 1. The maximum Gasteiger partial charge on any atom is 0.254 e. The van der Waals surface area contributed by atoms with E-state index in [2.05, 4.69) is 10.4 Å². The van der Waals surface area contributed by atoms with E-state index in [1.54, 1.807) is 23.0 Å². The Balaban J connectivity index is 0.00000205. The van der Waals surface area contributed by atoms with Gasteiger partial charge in [0.2, 0.25) is 0 Å². The molecule has 2 aliphatic heterocycles. The highest BCUT2D eigenvalue weighted by molar-refractivity contribution is 5.95. The fourth-order valence-corrected chi connectivity index (χ4v) is 4.62. The van der Waals surface area contributed by atoms with Gasteiger partial charge in [-0.2, -0.15) is 5.10 Å². The zero-order valence-corrected chi connectivity index (χ0v) is 16.6. The third kappa shape index (κ3) is 3.54. The summed E-state index contributed by atoms with van der Waals surface area (Å²) in [4.78, 5) is 15.4. The highest BCUT2D eigenvalue weighted by Gasteiger charge is 2.46. The highest BCUT2D eigenvalue weighted by Crippen LogP contribution is 2.43. The first-order chi connectivity index (χ1) is 13.7. The van der Waals surface area contributed by atoms with Gasteiger partial charge in [0.25, 0.3) is 5.91 Å². The molecule has 5 nitrogen and oxygen atoms in total. The molecule has 0 bridgehead atoms. The molecule has 29 heavy (non-hydrogen) atoms. The van der Waals surface area contributed by atoms with Crippen LogP contribution in [0.25, 0.3) is 5.69 Å². The number of carbonyl (C=O) groups is 1. The smallest absolute Gasteiger partial charge is 0.254 e. The predicted molar refractivity (Wildman–Crippen MR) is 111 cm³/mol. The van der Waals surface area contributed by atoms with Crippen LogP contribution in [-0.4, -0.2) is 40.2 Å². The lowest BCUT2D eigenvalue weighted by atomic mass is 9.89. The monoisotopic (exact) mass is 412 g/mol. The van der Waals surface area contributed by atoms with Crippen molar-refractivity contribution in [3.05, 3.63) is 83.9 Å². The van der Waals surface area contributed by atoms with Gasteiger partial charge in [0.15, 0.2) is 0 Å². The van der Waals surface area contributed by atoms with Gasteiger partial charge in [-0.3, -0.25) is 4.79 Å². The molecule has 7 heteroatoms. The minimum absolute atomic E-state index is 0. The Labute approximate surface area is 174 Å². The van der Waals surface area contributed by atoms with E-state index in [0.717, 1.165) is 24.3 Å². The van der Waals surface area contributed by atoms with Gasteiger partial charge < -0.3 is 10.2 Å². The molecule has 0 aliphatic carbocycles. The third-order valence-corrected chi connectivity index (χ3v) is 5.88. The van der Waals surface area contributed by atoms with Gasteiger partial charge in [-0.15, -0.1) is 12.4 Å².